The van der Waals surface area contributed by atoms with Crippen LogP contribution in [0.15, 0.2) is 12.1 Å². The van der Waals surface area contributed by atoms with Gasteiger partial charge in [-0.15, -0.1) is 0 Å². The maximum Gasteiger partial charge on any atom is 0.411 e. The molecular weight excluding hydrogens is 401 g/mol. The average molecular weight is 435 g/mol. The summed E-state index contributed by atoms with van der Waals surface area (Å²) in [6.07, 6.45) is -0.915. The molecule has 1 aromatic heterocycles. The Kier molecular flexibility index (Phi) is 10.3. The van der Waals surface area contributed by atoms with Gasteiger partial charge in [0.2, 0.25) is 0 Å². The number of fused-ring (bicyclic) bond motifs is 1. The zero-order chi connectivity index (χ0) is 22.0. The summed E-state index contributed by atoms with van der Waals surface area (Å²) in [4.78, 5) is 6.61. The molecule has 30 heavy (non-hydrogen) atoms. The number of aromatic nitrogens is 1. The van der Waals surface area contributed by atoms with Crippen molar-refractivity contribution in [2.75, 3.05) is 44.7 Å². The largest absolute Gasteiger partial charge is 0.411 e. The number of aryl methyl sites for hydroxylation is 2. The molecule has 0 radical (unpaired) electrons. The Bertz CT molecular complexity index is 632. The Labute approximate surface area is 175 Å². The maximum atomic E-state index is 12.2. The van der Waals surface area contributed by atoms with Crippen LogP contribution in [0.3, 0.4) is 0 Å². The van der Waals surface area contributed by atoms with Crippen LogP contribution in [-0.4, -0.2) is 78.0 Å². The number of aliphatic hydroxyl groups excluding tert-OH is 1. The van der Waals surface area contributed by atoms with Crippen LogP contribution in [0, 0.1) is 0 Å². The lowest BCUT2D eigenvalue weighted by atomic mass is 10.1. The topological polar surface area (TPSA) is 104 Å². The van der Waals surface area contributed by atoms with E-state index in [1.165, 1.54) is 5.56 Å². The van der Waals surface area contributed by atoms with Crippen molar-refractivity contribution in [2.45, 2.75) is 57.0 Å². The van der Waals surface area contributed by atoms with Crippen LogP contribution in [0.25, 0.3) is 0 Å². The van der Waals surface area contributed by atoms with Crippen molar-refractivity contribution >= 4 is 5.82 Å². The first-order valence-corrected chi connectivity index (χ1v) is 10.5. The van der Waals surface area contributed by atoms with Crippen molar-refractivity contribution in [1.29, 1.82) is 0 Å². The molecule has 0 saturated carbocycles. The number of ether oxygens (including phenoxy) is 1. The third-order valence-electron chi connectivity index (χ3n) is 5.09. The third kappa shape index (κ3) is 9.57. The van der Waals surface area contributed by atoms with Crippen molar-refractivity contribution in [3.05, 3.63) is 23.4 Å². The van der Waals surface area contributed by atoms with Crippen LogP contribution in [-0.2, 0) is 17.6 Å². The number of hydrogen-bond donors (Lipinski definition) is 4. The van der Waals surface area contributed by atoms with E-state index in [1.807, 2.05) is 4.90 Å². The van der Waals surface area contributed by atoms with Crippen LogP contribution in [0.5, 0.6) is 0 Å². The highest BCUT2D eigenvalue weighted by Gasteiger charge is 2.27. The Balaban J connectivity index is 1.74. The molecule has 5 N–H and O–H groups in total. The second-order valence-corrected chi connectivity index (χ2v) is 7.67. The predicted octanol–water partition coefficient (Wildman–Crippen LogP) is 1.67. The number of anilines is 1. The molecule has 1 aliphatic heterocycles. The van der Waals surface area contributed by atoms with E-state index < -0.39 is 25.1 Å². The van der Waals surface area contributed by atoms with Gasteiger partial charge in [-0.05, 0) is 63.2 Å². The van der Waals surface area contributed by atoms with Crippen molar-refractivity contribution in [3.8, 4) is 0 Å². The summed E-state index contributed by atoms with van der Waals surface area (Å²) in [7, 11) is 0. The first-order chi connectivity index (χ1) is 14.2. The monoisotopic (exact) mass is 434 g/mol. The van der Waals surface area contributed by atoms with Crippen LogP contribution in [0.4, 0.5) is 19.0 Å². The lowest BCUT2D eigenvalue weighted by Crippen LogP contribution is -2.39. The summed E-state index contributed by atoms with van der Waals surface area (Å²) in [5, 5.41) is 21.5. The smallest absolute Gasteiger partial charge is 0.371 e. The number of nitrogens with one attached hydrogen (secondary N) is 1. The van der Waals surface area contributed by atoms with Gasteiger partial charge in [0.25, 0.3) is 0 Å². The molecule has 7 nitrogen and oxygen atoms in total. The Morgan fingerprint density at radius 2 is 2.00 bits per heavy atom. The van der Waals surface area contributed by atoms with Crippen molar-refractivity contribution in [1.82, 2.24) is 9.88 Å². The zero-order valence-electron chi connectivity index (χ0n) is 17.2. The first-order valence-electron chi connectivity index (χ1n) is 10.5. The summed E-state index contributed by atoms with van der Waals surface area (Å²) in [5.74, 6) is 0.971. The highest BCUT2D eigenvalue weighted by Crippen LogP contribution is 2.20. The fraction of sp³-hybridized carbons (Fsp3) is 0.750. The van der Waals surface area contributed by atoms with Gasteiger partial charge in [-0.3, -0.25) is 0 Å². The SMILES string of the molecule is N[C@@H](CCN(CCCCc1ccc2c(n1)NCCC2)CCOCC(F)(F)F)C(O)O. The molecule has 10 heteroatoms. The zero-order valence-corrected chi connectivity index (χ0v) is 17.2. The van der Waals surface area contributed by atoms with E-state index in [4.69, 9.17) is 20.7 Å². The minimum atomic E-state index is -4.34. The summed E-state index contributed by atoms with van der Waals surface area (Å²) < 4.78 is 41.3. The Morgan fingerprint density at radius 3 is 2.73 bits per heavy atom. The van der Waals surface area contributed by atoms with Crippen LogP contribution in [0.2, 0.25) is 0 Å². The number of halogens is 3. The number of nitrogens with two attached hydrogens (primary N) is 1. The Morgan fingerprint density at radius 1 is 1.20 bits per heavy atom. The predicted molar refractivity (Wildman–Crippen MR) is 108 cm³/mol. The molecule has 1 aromatic rings. The lowest BCUT2D eigenvalue weighted by molar-refractivity contribution is -0.174. The number of unbranched alkanes of at least 4 members (excludes halogenated alkanes) is 1. The van der Waals surface area contributed by atoms with Gasteiger partial charge in [-0.2, -0.15) is 13.2 Å². The highest BCUT2D eigenvalue weighted by atomic mass is 19.4. The average Bonchev–Trinajstić information content (AvgIpc) is 2.70. The summed E-state index contributed by atoms with van der Waals surface area (Å²) in [5.41, 5.74) is 7.91. The van der Waals surface area contributed by atoms with Crippen molar-refractivity contribution in [2.24, 2.45) is 5.73 Å². The molecule has 0 aliphatic carbocycles. The molecule has 0 fully saturated rings. The van der Waals surface area contributed by atoms with Gasteiger partial charge < -0.3 is 30.9 Å². The van der Waals surface area contributed by atoms with Gasteiger partial charge >= 0.3 is 6.18 Å². The quantitative estimate of drug-likeness (QED) is 0.277. The van der Waals surface area contributed by atoms with E-state index >= 15 is 0 Å². The highest BCUT2D eigenvalue weighted by molar-refractivity contribution is 5.46. The molecule has 0 bridgehead atoms. The van der Waals surface area contributed by atoms with Gasteiger partial charge in [0, 0.05) is 18.8 Å². The molecule has 1 atom stereocenters. The fourth-order valence-corrected chi connectivity index (χ4v) is 3.35. The molecular formula is C20H33F3N4O3. The van der Waals surface area contributed by atoms with Crippen molar-refractivity contribution in [3.63, 3.8) is 0 Å². The minimum Gasteiger partial charge on any atom is -0.371 e. The van der Waals surface area contributed by atoms with Gasteiger partial charge in [0.1, 0.15) is 12.4 Å². The molecule has 2 heterocycles. The molecule has 0 unspecified atom stereocenters. The molecule has 1 aliphatic rings. The van der Waals surface area contributed by atoms with E-state index in [9.17, 15) is 13.2 Å². The first kappa shape index (κ1) is 24.8. The molecule has 0 spiro atoms. The van der Waals surface area contributed by atoms with Gasteiger partial charge in [0.15, 0.2) is 6.29 Å². The van der Waals surface area contributed by atoms with Crippen LogP contribution < -0.4 is 11.1 Å². The van der Waals surface area contributed by atoms with E-state index in [1.54, 1.807) is 0 Å². The second kappa shape index (κ2) is 12.4. The van der Waals surface area contributed by atoms with E-state index in [0.29, 0.717) is 26.1 Å². The number of pyridine rings is 1. The van der Waals surface area contributed by atoms with Gasteiger partial charge in [0.05, 0.1) is 12.6 Å². The number of hydrogen-bond acceptors (Lipinski definition) is 7. The Hall–Kier alpha value is -1.46. The number of nitrogens with zero attached hydrogens (tertiary/aromatic N) is 2. The van der Waals surface area contributed by atoms with Crippen LogP contribution >= 0.6 is 0 Å². The third-order valence-corrected chi connectivity index (χ3v) is 5.09. The maximum absolute atomic E-state index is 12.2. The summed E-state index contributed by atoms with van der Waals surface area (Å²) >= 11 is 0. The second-order valence-electron chi connectivity index (χ2n) is 7.67. The van der Waals surface area contributed by atoms with Crippen molar-refractivity contribution < 1.29 is 28.1 Å². The minimum absolute atomic E-state index is 0.0471. The van der Waals surface area contributed by atoms with Gasteiger partial charge in [-0.25, -0.2) is 4.98 Å². The lowest BCUT2D eigenvalue weighted by Gasteiger charge is -2.24. The molecule has 0 saturated heterocycles. The molecule has 172 valence electrons. The summed E-state index contributed by atoms with van der Waals surface area (Å²) in [6.45, 7) is 1.06. The van der Waals surface area contributed by atoms with Gasteiger partial charge in [-0.1, -0.05) is 6.07 Å². The standard InChI is InChI=1S/C20H33F3N4O3/c21-20(22,23)14-30-13-12-27(11-8-17(24)19(28)29)10-2-1-5-16-7-6-15-4-3-9-25-18(15)26-16/h6-7,17,19,28-29H,1-5,8-14,24H2,(H,25,26)/t17-/m0/s1. The van der Waals surface area contributed by atoms with E-state index in [2.05, 4.69) is 22.4 Å². The molecule has 2 rings (SSSR count). The summed E-state index contributed by atoms with van der Waals surface area (Å²) in [6, 6.07) is 3.38. The molecule has 0 amide bonds. The number of rotatable bonds is 13. The molecule has 0 aromatic carbocycles. The van der Waals surface area contributed by atoms with Crippen LogP contribution in [0.1, 0.15) is 36.9 Å². The fourth-order valence-electron chi connectivity index (χ4n) is 3.35. The van der Waals surface area contributed by atoms with E-state index in [0.717, 1.165) is 50.2 Å². The number of aliphatic hydroxyl groups is 2. The van der Waals surface area contributed by atoms with E-state index in [-0.39, 0.29) is 6.61 Å². The number of alkyl halides is 3. The normalized spacial score (nSPS) is 15.3.